The minimum Gasteiger partial charge on any atom is -0.486 e. The van der Waals surface area contributed by atoms with Crippen LogP contribution in [0, 0.1) is 0 Å². The molecule has 0 atom stereocenters. The Balaban J connectivity index is 1.52. The average molecular weight is 398 g/mol. The summed E-state index contributed by atoms with van der Waals surface area (Å²) in [6.45, 7) is 1.01. The fourth-order valence-corrected chi connectivity index (χ4v) is 3.80. The second-order valence-electron chi connectivity index (χ2n) is 5.73. The summed E-state index contributed by atoms with van der Waals surface area (Å²) in [5, 5.41) is 1.10. The van der Waals surface area contributed by atoms with E-state index in [2.05, 4.69) is 5.43 Å². The van der Waals surface area contributed by atoms with Gasteiger partial charge in [-0.25, -0.2) is 0 Å². The lowest BCUT2D eigenvalue weighted by Gasteiger charge is -2.18. The van der Waals surface area contributed by atoms with E-state index in [1.807, 2.05) is 18.2 Å². The Morgan fingerprint density at radius 3 is 2.63 bits per heavy atom. The van der Waals surface area contributed by atoms with Gasteiger partial charge in [0.25, 0.3) is 11.8 Å². The molecule has 0 aromatic heterocycles. The minimum absolute atomic E-state index is 0.271. The first-order chi connectivity index (χ1) is 13.1. The lowest BCUT2D eigenvalue weighted by molar-refractivity contribution is -0.123. The van der Waals surface area contributed by atoms with Crippen LogP contribution in [0.5, 0.6) is 11.5 Å². The number of rotatable bonds is 3. The fourth-order valence-electron chi connectivity index (χ4n) is 2.62. The number of thioether (sulfide) groups is 1. The highest BCUT2D eigenvalue weighted by molar-refractivity contribution is 8.26. The molecular weight excluding hydrogens is 384 g/mol. The summed E-state index contributed by atoms with van der Waals surface area (Å²) in [6, 6.07) is 14.1. The van der Waals surface area contributed by atoms with Crippen molar-refractivity contribution in [3.8, 4) is 11.5 Å². The highest BCUT2D eigenvalue weighted by atomic mass is 32.2. The molecule has 2 aliphatic heterocycles. The standard InChI is InChI=1S/C19H14N2O4S2/c22-17(13-4-2-1-3-5-13)20-21-18(23)16(27-19(21)26)11-12-6-7-14-15(10-12)25-9-8-24-14/h1-7,10-11H,8-9H2,(H,20,22)/b16-11+. The third-order valence-electron chi connectivity index (χ3n) is 3.91. The molecule has 8 heteroatoms. The number of hydrogen-bond acceptors (Lipinski definition) is 6. The number of carbonyl (C=O) groups excluding carboxylic acids is 2. The van der Waals surface area contributed by atoms with Gasteiger partial charge < -0.3 is 9.47 Å². The van der Waals surface area contributed by atoms with Gasteiger partial charge in [0.1, 0.15) is 13.2 Å². The lowest BCUT2D eigenvalue weighted by Crippen LogP contribution is -2.44. The quantitative estimate of drug-likeness (QED) is 0.633. The summed E-state index contributed by atoms with van der Waals surface area (Å²) in [5.41, 5.74) is 3.79. The van der Waals surface area contributed by atoms with Gasteiger partial charge in [0, 0.05) is 5.56 Å². The summed E-state index contributed by atoms with van der Waals surface area (Å²) < 4.78 is 11.3. The molecule has 0 bridgehead atoms. The number of hydrazine groups is 1. The zero-order valence-electron chi connectivity index (χ0n) is 14.0. The van der Waals surface area contributed by atoms with Gasteiger partial charge in [0.15, 0.2) is 15.8 Å². The molecule has 136 valence electrons. The van der Waals surface area contributed by atoms with E-state index >= 15 is 0 Å². The van der Waals surface area contributed by atoms with Gasteiger partial charge in [-0.05, 0) is 48.1 Å². The van der Waals surface area contributed by atoms with Crippen LogP contribution in [0.15, 0.2) is 53.4 Å². The van der Waals surface area contributed by atoms with Crippen LogP contribution in [-0.4, -0.2) is 34.4 Å². The molecule has 6 nitrogen and oxygen atoms in total. The molecule has 0 unspecified atom stereocenters. The van der Waals surface area contributed by atoms with Crippen LogP contribution in [0.2, 0.25) is 0 Å². The molecule has 4 rings (SSSR count). The van der Waals surface area contributed by atoms with Crippen LogP contribution in [0.25, 0.3) is 6.08 Å². The molecule has 0 aliphatic carbocycles. The molecule has 2 heterocycles. The summed E-state index contributed by atoms with van der Waals surface area (Å²) in [7, 11) is 0. The number of benzene rings is 2. The molecule has 0 spiro atoms. The van der Waals surface area contributed by atoms with Gasteiger partial charge in [-0.3, -0.25) is 15.0 Å². The average Bonchev–Trinajstić information content (AvgIpc) is 2.96. The van der Waals surface area contributed by atoms with Crippen LogP contribution in [0.4, 0.5) is 0 Å². The number of carbonyl (C=O) groups is 2. The molecule has 1 fully saturated rings. The SMILES string of the molecule is O=C(NN1C(=O)/C(=C\c2ccc3c(c2)OCCO3)SC1=S)c1ccccc1. The molecule has 2 aliphatic rings. The molecule has 2 aromatic rings. The lowest BCUT2D eigenvalue weighted by atomic mass is 10.1. The van der Waals surface area contributed by atoms with E-state index in [1.165, 1.54) is 0 Å². The van der Waals surface area contributed by atoms with Crippen LogP contribution in [0.3, 0.4) is 0 Å². The van der Waals surface area contributed by atoms with Crippen molar-refractivity contribution in [2.24, 2.45) is 0 Å². The Kier molecular flexibility index (Phi) is 4.83. The van der Waals surface area contributed by atoms with E-state index in [4.69, 9.17) is 21.7 Å². The highest BCUT2D eigenvalue weighted by Crippen LogP contribution is 2.35. The molecule has 1 N–H and O–H groups in total. The summed E-state index contributed by atoms with van der Waals surface area (Å²) in [6.07, 6.45) is 1.71. The zero-order valence-corrected chi connectivity index (χ0v) is 15.6. The van der Waals surface area contributed by atoms with Crippen molar-refractivity contribution < 1.29 is 19.1 Å². The van der Waals surface area contributed by atoms with Crippen LogP contribution in [0.1, 0.15) is 15.9 Å². The van der Waals surface area contributed by atoms with Crippen molar-refractivity contribution in [3.63, 3.8) is 0 Å². The van der Waals surface area contributed by atoms with Crippen molar-refractivity contribution in [2.45, 2.75) is 0 Å². The first kappa shape index (κ1) is 17.6. The number of amides is 2. The smallest absolute Gasteiger partial charge is 0.285 e. The summed E-state index contributed by atoms with van der Waals surface area (Å²) >= 11 is 6.38. The Labute approximate surface area is 165 Å². The van der Waals surface area contributed by atoms with Gasteiger partial charge in [-0.15, -0.1) is 0 Å². The van der Waals surface area contributed by atoms with Crippen LogP contribution in [-0.2, 0) is 4.79 Å². The van der Waals surface area contributed by atoms with E-state index < -0.39 is 5.91 Å². The number of nitrogens with one attached hydrogen (secondary N) is 1. The maximum atomic E-state index is 12.7. The molecule has 2 amide bonds. The van der Waals surface area contributed by atoms with E-state index in [0.29, 0.717) is 35.2 Å². The molecular formula is C19H14N2O4S2. The van der Waals surface area contributed by atoms with Gasteiger partial charge >= 0.3 is 0 Å². The van der Waals surface area contributed by atoms with Crippen molar-refractivity contribution >= 4 is 46.2 Å². The van der Waals surface area contributed by atoms with Gasteiger partial charge in [0.05, 0.1) is 4.91 Å². The summed E-state index contributed by atoms with van der Waals surface area (Å²) in [4.78, 5) is 25.4. The second-order valence-corrected chi connectivity index (χ2v) is 7.40. The second kappa shape index (κ2) is 7.42. The van der Waals surface area contributed by atoms with Crippen molar-refractivity contribution in [2.75, 3.05) is 13.2 Å². The Bertz CT molecular complexity index is 959. The van der Waals surface area contributed by atoms with Gasteiger partial charge in [-0.2, -0.15) is 5.01 Å². The predicted octanol–water partition coefficient (Wildman–Crippen LogP) is 3.00. The van der Waals surface area contributed by atoms with Crippen LogP contribution < -0.4 is 14.9 Å². The number of thiocarbonyl (C=S) groups is 1. The first-order valence-corrected chi connectivity index (χ1v) is 9.38. The summed E-state index contributed by atoms with van der Waals surface area (Å²) in [5.74, 6) is 0.556. The van der Waals surface area contributed by atoms with Crippen LogP contribution >= 0.6 is 24.0 Å². The normalized spacial score (nSPS) is 17.3. The maximum absolute atomic E-state index is 12.7. The number of ether oxygens (including phenoxy) is 2. The molecule has 27 heavy (non-hydrogen) atoms. The van der Waals surface area contributed by atoms with E-state index in [0.717, 1.165) is 22.3 Å². The monoisotopic (exact) mass is 398 g/mol. The Hall–Kier alpha value is -2.84. The van der Waals surface area contributed by atoms with E-state index in [9.17, 15) is 9.59 Å². The largest absolute Gasteiger partial charge is 0.486 e. The van der Waals surface area contributed by atoms with E-state index in [-0.39, 0.29) is 10.2 Å². The van der Waals surface area contributed by atoms with Crippen molar-refractivity contribution in [1.29, 1.82) is 0 Å². The van der Waals surface area contributed by atoms with Crippen molar-refractivity contribution in [3.05, 3.63) is 64.6 Å². The first-order valence-electron chi connectivity index (χ1n) is 8.15. The molecule has 2 aromatic carbocycles. The number of fused-ring (bicyclic) bond motifs is 1. The minimum atomic E-state index is -0.396. The zero-order chi connectivity index (χ0) is 18.8. The molecule has 0 saturated carbocycles. The fraction of sp³-hybridized carbons (Fsp3) is 0.105. The topological polar surface area (TPSA) is 67.9 Å². The maximum Gasteiger partial charge on any atom is 0.285 e. The van der Waals surface area contributed by atoms with Gasteiger partial charge in [-0.1, -0.05) is 36.0 Å². The Morgan fingerprint density at radius 1 is 1.11 bits per heavy atom. The third kappa shape index (κ3) is 3.67. The predicted molar refractivity (Wildman–Crippen MR) is 106 cm³/mol. The molecule has 1 saturated heterocycles. The van der Waals surface area contributed by atoms with E-state index in [1.54, 1.807) is 36.4 Å². The molecule has 0 radical (unpaired) electrons. The number of hydrogen-bond donors (Lipinski definition) is 1. The highest BCUT2D eigenvalue weighted by Gasteiger charge is 2.33. The van der Waals surface area contributed by atoms with Crippen molar-refractivity contribution in [1.82, 2.24) is 10.4 Å². The Morgan fingerprint density at radius 2 is 1.85 bits per heavy atom. The third-order valence-corrected chi connectivity index (χ3v) is 5.21. The number of nitrogens with zero attached hydrogens (tertiary/aromatic N) is 1. The van der Waals surface area contributed by atoms with Gasteiger partial charge in [0.2, 0.25) is 0 Å².